The van der Waals surface area contributed by atoms with Gasteiger partial charge in [-0.05, 0) is 24.9 Å². The molecule has 0 saturated carbocycles. The molecule has 0 aromatic heterocycles. The molecule has 96 valence electrons. The number of nitrogens with one attached hydrogen (secondary N) is 1. The molecule has 0 aromatic carbocycles. The van der Waals surface area contributed by atoms with E-state index in [1.54, 1.807) is 0 Å². The van der Waals surface area contributed by atoms with Crippen molar-refractivity contribution in [3.63, 3.8) is 0 Å². The van der Waals surface area contributed by atoms with Crippen molar-refractivity contribution in [2.75, 3.05) is 0 Å². The lowest BCUT2D eigenvalue weighted by molar-refractivity contribution is 0.912. The van der Waals surface area contributed by atoms with Gasteiger partial charge in [0.15, 0.2) is 0 Å². The van der Waals surface area contributed by atoms with E-state index in [0.717, 1.165) is 12.8 Å². The summed E-state index contributed by atoms with van der Waals surface area (Å²) in [5.74, 6) is 0. The monoisotopic (exact) mass is 267 g/mol. The zero-order valence-corrected chi connectivity index (χ0v) is 13.6. The maximum absolute atomic E-state index is 8.56. The summed E-state index contributed by atoms with van der Waals surface area (Å²) in [5.41, 5.74) is 0. The molecule has 0 aliphatic rings. The van der Waals surface area contributed by atoms with Gasteiger partial charge >= 0.3 is 0 Å². The quantitative estimate of drug-likeness (QED) is 0.540. The molecule has 0 bridgehead atoms. The minimum Gasteiger partial charge on any atom is -0.359 e. The van der Waals surface area contributed by atoms with Crippen molar-refractivity contribution in [2.45, 2.75) is 64.0 Å². The van der Waals surface area contributed by atoms with Crippen LogP contribution in [0, 0.1) is 22.7 Å². The first-order valence-corrected chi connectivity index (χ1v) is 12.8. The van der Waals surface area contributed by atoms with E-state index in [0.29, 0.717) is 12.8 Å². The van der Waals surface area contributed by atoms with Gasteiger partial charge in [0.1, 0.15) is 16.5 Å². The lowest BCUT2D eigenvalue weighted by Gasteiger charge is -2.34. The molecule has 0 unspecified atom stereocenters. The molecule has 1 N–H and O–H groups in total. The van der Waals surface area contributed by atoms with Crippen molar-refractivity contribution in [3.8, 4) is 12.1 Å². The Morgan fingerprint density at radius 1 is 0.824 bits per heavy atom. The lowest BCUT2D eigenvalue weighted by atomic mass is 10.4. The summed E-state index contributed by atoms with van der Waals surface area (Å²) < 4.78 is 3.91. The van der Waals surface area contributed by atoms with Crippen molar-refractivity contribution >= 4 is 16.5 Å². The highest BCUT2D eigenvalue weighted by atomic mass is 28.4. The van der Waals surface area contributed by atoms with Gasteiger partial charge in [-0.25, -0.2) is 0 Å². The summed E-state index contributed by atoms with van der Waals surface area (Å²) >= 11 is 0. The second-order valence-corrected chi connectivity index (χ2v) is 15.5. The molecular formula is C12H25N3Si2. The van der Waals surface area contributed by atoms with Crippen LogP contribution in [0.15, 0.2) is 0 Å². The molecule has 0 aromatic rings. The third-order valence-corrected chi connectivity index (χ3v) is 11.5. The third kappa shape index (κ3) is 9.11. The largest absolute Gasteiger partial charge is 0.359 e. The Labute approximate surface area is 108 Å². The first-order chi connectivity index (χ1) is 7.83. The van der Waals surface area contributed by atoms with Crippen molar-refractivity contribution in [3.05, 3.63) is 0 Å². The summed E-state index contributed by atoms with van der Waals surface area (Å²) in [6.45, 7) is 9.40. The number of hydrogen-bond acceptors (Lipinski definition) is 3. The second kappa shape index (κ2) is 7.65. The normalized spacial score (nSPS) is 11.9. The number of hydrogen-bond donors (Lipinski definition) is 1. The molecule has 17 heavy (non-hydrogen) atoms. The van der Waals surface area contributed by atoms with Gasteiger partial charge in [-0.1, -0.05) is 26.2 Å². The van der Waals surface area contributed by atoms with Crippen LogP contribution in [0.2, 0.25) is 38.3 Å². The fourth-order valence-electron chi connectivity index (χ4n) is 2.26. The average Bonchev–Trinajstić information content (AvgIpc) is 2.16. The molecule has 0 atom stereocenters. The summed E-state index contributed by atoms with van der Waals surface area (Å²) in [7, 11) is -2.72. The van der Waals surface area contributed by atoms with Crippen LogP contribution in [0.25, 0.3) is 0 Å². The Kier molecular flexibility index (Phi) is 7.37. The maximum Gasteiger partial charge on any atom is 0.112 e. The van der Waals surface area contributed by atoms with Gasteiger partial charge in [-0.15, -0.1) is 0 Å². The van der Waals surface area contributed by atoms with Crippen LogP contribution in [0.5, 0.6) is 0 Å². The van der Waals surface area contributed by atoms with E-state index in [-0.39, 0.29) is 0 Å². The highest BCUT2D eigenvalue weighted by Crippen LogP contribution is 2.17. The number of nitriles is 2. The molecule has 0 fully saturated rings. The highest BCUT2D eigenvalue weighted by molar-refractivity contribution is 6.91. The van der Waals surface area contributed by atoms with Crippen molar-refractivity contribution in [2.24, 2.45) is 0 Å². The summed E-state index contributed by atoms with van der Waals surface area (Å²) in [5, 5.41) is 17.1. The fraction of sp³-hybridized carbons (Fsp3) is 0.833. The van der Waals surface area contributed by atoms with Crippen molar-refractivity contribution in [1.29, 1.82) is 10.5 Å². The fourth-order valence-corrected chi connectivity index (χ4v) is 12.7. The number of unbranched alkanes of at least 4 members (excludes halogenated alkanes) is 2. The summed E-state index contributed by atoms with van der Waals surface area (Å²) in [4.78, 5) is 0. The van der Waals surface area contributed by atoms with E-state index < -0.39 is 16.5 Å². The first kappa shape index (κ1) is 16.4. The van der Waals surface area contributed by atoms with Gasteiger partial charge in [0.25, 0.3) is 0 Å². The van der Waals surface area contributed by atoms with E-state index in [4.69, 9.17) is 10.5 Å². The Morgan fingerprint density at radius 3 is 1.47 bits per heavy atom. The molecule has 0 amide bonds. The zero-order chi connectivity index (χ0) is 13.4. The van der Waals surface area contributed by atoms with Crippen LogP contribution in [-0.2, 0) is 0 Å². The molecule has 0 spiro atoms. The average molecular weight is 268 g/mol. The Bertz CT molecular complexity index is 270. The Balaban J connectivity index is 4.09. The lowest BCUT2D eigenvalue weighted by Crippen LogP contribution is -2.58. The van der Waals surface area contributed by atoms with E-state index in [2.05, 4.69) is 43.0 Å². The molecule has 0 saturated heterocycles. The van der Waals surface area contributed by atoms with E-state index in [9.17, 15) is 0 Å². The van der Waals surface area contributed by atoms with Crippen LogP contribution in [0.4, 0.5) is 0 Å². The first-order valence-electron chi connectivity index (χ1n) is 6.36. The predicted octanol–water partition coefficient (Wildman–Crippen LogP) is 3.59. The summed E-state index contributed by atoms with van der Waals surface area (Å²) in [6, 6.07) is 6.78. The minimum atomic E-state index is -1.36. The maximum atomic E-state index is 8.56. The SMILES string of the molecule is C[Si](C)(CCCC#N)N[Si](C)(C)CCCC#N. The van der Waals surface area contributed by atoms with Gasteiger partial charge in [-0.3, -0.25) is 0 Å². The van der Waals surface area contributed by atoms with Gasteiger partial charge < -0.3 is 4.65 Å². The minimum absolute atomic E-state index is 0.675. The molecule has 3 nitrogen and oxygen atoms in total. The molecule has 0 radical (unpaired) electrons. The second-order valence-electron chi connectivity index (χ2n) is 5.92. The van der Waals surface area contributed by atoms with E-state index >= 15 is 0 Å². The highest BCUT2D eigenvalue weighted by Gasteiger charge is 2.30. The van der Waals surface area contributed by atoms with Crippen LogP contribution >= 0.6 is 0 Å². The van der Waals surface area contributed by atoms with Crippen molar-refractivity contribution < 1.29 is 0 Å². The van der Waals surface area contributed by atoms with Gasteiger partial charge in [0, 0.05) is 12.8 Å². The topological polar surface area (TPSA) is 59.6 Å². The molecule has 0 aliphatic heterocycles. The Morgan fingerprint density at radius 2 is 1.18 bits per heavy atom. The van der Waals surface area contributed by atoms with Crippen LogP contribution in [0.3, 0.4) is 0 Å². The van der Waals surface area contributed by atoms with Crippen LogP contribution in [0.1, 0.15) is 25.7 Å². The van der Waals surface area contributed by atoms with Gasteiger partial charge in [0.2, 0.25) is 0 Å². The van der Waals surface area contributed by atoms with Gasteiger partial charge in [0.05, 0.1) is 12.1 Å². The Hall–Kier alpha value is -0.626. The van der Waals surface area contributed by atoms with Gasteiger partial charge in [-0.2, -0.15) is 10.5 Å². The molecule has 0 aliphatic carbocycles. The van der Waals surface area contributed by atoms with Crippen LogP contribution < -0.4 is 4.65 Å². The van der Waals surface area contributed by atoms with Crippen LogP contribution in [-0.4, -0.2) is 16.5 Å². The molecule has 5 heteroatoms. The predicted molar refractivity (Wildman–Crippen MR) is 77.4 cm³/mol. The standard InChI is InChI=1S/C12H25N3Si2/c1-16(2,11-7-5-9-13)15-17(3,4)12-8-6-10-14/h15H,5-8,11-12H2,1-4H3. The smallest absolute Gasteiger partial charge is 0.112 e. The zero-order valence-electron chi connectivity index (χ0n) is 11.6. The van der Waals surface area contributed by atoms with E-state index in [1.807, 2.05) is 0 Å². The molecular weight excluding hydrogens is 242 g/mol. The molecule has 0 rings (SSSR count). The van der Waals surface area contributed by atoms with E-state index in [1.165, 1.54) is 12.1 Å². The summed E-state index contributed by atoms with van der Waals surface area (Å²) in [6.07, 6.45) is 3.39. The van der Waals surface area contributed by atoms with Crippen molar-refractivity contribution in [1.82, 2.24) is 4.65 Å². The third-order valence-electron chi connectivity index (χ3n) is 2.86. The number of rotatable bonds is 8. The molecule has 0 heterocycles. The number of nitrogens with zero attached hydrogens (tertiary/aromatic N) is 2.